The number of aldehydes is 1. The molecule has 22 heavy (non-hydrogen) atoms. The zero-order chi connectivity index (χ0) is 15.7. The van der Waals surface area contributed by atoms with E-state index in [9.17, 15) is 9.18 Å². The third kappa shape index (κ3) is 2.17. The number of benzene rings is 2. The van der Waals surface area contributed by atoms with E-state index in [1.54, 1.807) is 6.07 Å². The number of halogens is 1. The molecule has 1 aromatic heterocycles. The molecule has 1 N–H and O–H groups in total. The minimum atomic E-state index is -0.404. The first-order valence-corrected chi connectivity index (χ1v) is 7.15. The highest BCUT2D eigenvalue weighted by Gasteiger charge is 2.19. The van der Waals surface area contributed by atoms with E-state index in [4.69, 9.17) is 4.74 Å². The summed E-state index contributed by atoms with van der Waals surface area (Å²) in [5.41, 5.74) is 3.19. The minimum Gasteiger partial charge on any atom is -0.493 e. The van der Waals surface area contributed by atoms with E-state index in [2.05, 4.69) is 4.98 Å². The Labute approximate surface area is 127 Å². The minimum absolute atomic E-state index is 0.323. The number of H-pyrrole nitrogens is 1. The van der Waals surface area contributed by atoms with E-state index in [0.717, 1.165) is 11.1 Å². The maximum absolute atomic E-state index is 14.2. The quantitative estimate of drug-likeness (QED) is 0.721. The van der Waals surface area contributed by atoms with Crippen molar-refractivity contribution in [1.82, 2.24) is 4.98 Å². The van der Waals surface area contributed by atoms with E-state index >= 15 is 0 Å². The monoisotopic (exact) mass is 297 g/mol. The average molecular weight is 297 g/mol. The number of ether oxygens (including phenoxy) is 1. The highest BCUT2D eigenvalue weighted by molar-refractivity contribution is 6.06. The highest BCUT2D eigenvalue weighted by atomic mass is 19.1. The van der Waals surface area contributed by atoms with Crippen molar-refractivity contribution in [1.29, 1.82) is 0 Å². The predicted molar refractivity (Wildman–Crippen MR) is 85.0 cm³/mol. The number of hydrogen-bond donors (Lipinski definition) is 1. The van der Waals surface area contributed by atoms with Gasteiger partial charge in [0.15, 0.2) is 6.29 Å². The molecule has 0 unspecified atom stereocenters. The number of carbonyl (C=O) groups is 1. The smallest absolute Gasteiger partial charge is 0.152 e. The van der Waals surface area contributed by atoms with Gasteiger partial charge in [0.05, 0.1) is 23.4 Å². The molecular formula is C18H16FNO2. The van der Waals surface area contributed by atoms with Crippen LogP contribution in [0.4, 0.5) is 4.39 Å². The Morgan fingerprint density at radius 1 is 1.23 bits per heavy atom. The molecule has 0 aliphatic heterocycles. The fourth-order valence-corrected chi connectivity index (χ4v) is 2.71. The van der Waals surface area contributed by atoms with Crippen LogP contribution in [0.25, 0.3) is 22.2 Å². The van der Waals surface area contributed by atoms with Gasteiger partial charge >= 0.3 is 0 Å². The molecular weight excluding hydrogens is 281 g/mol. The number of aromatic amines is 1. The van der Waals surface area contributed by atoms with Crippen LogP contribution in [-0.2, 0) is 0 Å². The van der Waals surface area contributed by atoms with Crippen LogP contribution >= 0.6 is 0 Å². The third-order valence-corrected chi connectivity index (χ3v) is 3.73. The van der Waals surface area contributed by atoms with Gasteiger partial charge in [0.1, 0.15) is 11.6 Å². The molecule has 0 spiro atoms. The molecule has 0 saturated heterocycles. The van der Waals surface area contributed by atoms with E-state index in [0.29, 0.717) is 40.8 Å². The van der Waals surface area contributed by atoms with Crippen LogP contribution in [0.2, 0.25) is 0 Å². The molecule has 0 amide bonds. The summed E-state index contributed by atoms with van der Waals surface area (Å²) in [6.07, 6.45) is 0.694. The largest absolute Gasteiger partial charge is 0.493 e. The number of fused-ring (bicyclic) bond motifs is 1. The molecule has 0 aliphatic carbocycles. The first kappa shape index (κ1) is 14.3. The molecule has 2 aromatic carbocycles. The number of carbonyl (C=O) groups excluding carboxylic acids is 1. The number of rotatable bonds is 4. The predicted octanol–water partition coefficient (Wildman–Crippen LogP) is 4.49. The van der Waals surface area contributed by atoms with Gasteiger partial charge in [-0.25, -0.2) is 4.39 Å². The Bertz CT molecular complexity index is 852. The maximum atomic E-state index is 14.2. The lowest BCUT2D eigenvalue weighted by atomic mass is 10.0. The van der Waals surface area contributed by atoms with Crippen molar-refractivity contribution in [3.05, 3.63) is 53.3 Å². The zero-order valence-electron chi connectivity index (χ0n) is 12.4. The van der Waals surface area contributed by atoms with Crippen LogP contribution in [0.1, 0.15) is 22.8 Å². The molecule has 0 aliphatic rings. The van der Waals surface area contributed by atoms with Crippen LogP contribution in [-0.4, -0.2) is 17.9 Å². The summed E-state index contributed by atoms with van der Waals surface area (Å²) < 4.78 is 19.8. The normalized spacial score (nSPS) is 10.9. The van der Waals surface area contributed by atoms with Gasteiger partial charge in [-0.1, -0.05) is 18.2 Å². The van der Waals surface area contributed by atoms with E-state index in [-0.39, 0.29) is 0 Å². The molecule has 4 heteroatoms. The topological polar surface area (TPSA) is 42.1 Å². The molecule has 3 rings (SSSR count). The van der Waals surface area contributed by atoms with Crippen molar-refractivity contribution in [3.63, 3.8) is 0 Å². The Morgan fingerprint density at radius 3 is 2.73 bits per heavy atom. The number of nitrogens with one attached hydrogen (secondary N) is 1. The highest BCUT2D eigenvalue weighted by Crippen LogP contribution is 2.36. The molecule has 0 bridgehead atoms. The summed E-state index contributed by atoms with van der Waals surface area (Å²) in [6, 6.07) is 10.5. The van der Waals surface area contributed by atoms with Gasteiger partial charge in [0, 0.05) is 10.9 Å². The first-order valence-electron chi connectivity index (χ1n) is 7.15. The van der Waals surface area contributed by atoms with Gasteiger partial charge in [-0.3, -0.25) is 4.79 Å². The Kier molecular flexibility index (Phi) is 3.67. The van der Waals surface area contributed by atoms with Gasteiger partial charge in [0.2, 0.25) is 0 Å². The molecule has 112 valence electrons. The summed E-state index contributed by atoms with van der Waals surface area (Å²) in [7, 11) is 0. The van der Waals surface area contributed by atoms with Crippen molar-refractivity contribution >= 4 is 17.2 Å². The first-order chi connectivity index (χ1) is 10.7. The van der Waals surface area contributed by atoms with Crippen molar-refractivity contribution in [2.75, 3.05) is 6.61 Å². The average Bonchev–Trinajstić information content (AvgIpc) is 2.92. The summed E-state index contributed by atoms with van der Waals surface area (Å²) >= 11 is 0. The molecule has 0 radical (unpaired) electrons. The van der Waals surface area contributed by atoms with Crippen molar-refractivity contribution < 1.29 is 13.9 Å². The molecule has 0 fully saturated rings. The Balaban J connectivity index is 2.35. The summed E-state index contributed by atoms with van der Waals surface area (Å²) in [6.45, 7) is 4.29. The Hall–Kier alpha value is -2.62. The second-order valence-electron chi connectivity index (χ2n) is 5.07. The summed E-state index contributed by atoms with van der Waals surface area (Å²) in [5, 5.41) is 0.330. The van der Waals surface area contributed by atoms with Crippen molar-refractivity contribution in [3.8, 4) is 17.0 Å². The lowest BCUT2D eigenvalue weighted by Gasteiger charge is -2.09. The van der Waals surface area contributed by atoms with Crippen LogP contribution in [0, 0.1) is 12.7 Å². The van der Waals surface area contributed by atoms with Gasteiger partial charge in [-0.2, -0.15) is 0 Å². The van der Waals surface area contributed by atoms with Gasteiger partial charge in [0.25, 0.3) is 0 Å². The lowest BCUT2D eigenvalue weighted by Crippen LogP contribution is -1.95. The number of aryl methyl sites for hydroxylation is 1. The van der Waals surface area contributed by atoms with E-state index in [1.807, 2.05) is 38.1 Å². The molecule has 3 aromatic rings. The number of hydrogen-bond acceptors (Lipinski definition) is 2. The molecule has 0 saturated carbocycles. The molecule has 1 heterocycles. The Morgan fingerprint density at radius 2 is 2.00 bits per heavy atom. The third-order valence-electron chi connectivity index (χ3n) is 3.73. The fraction of sp³-hybridized carbons (Fsp3) is 0.167. The van der Waals surface area contributed by atoms with Gasteiger partial charge in [-0.05, 0) is 37.6 Å². The van der Waals surface area contributed by atoms with Crippen molar-refractivity contribution in [2.45, 2.75) is 13.8 Å². The number of aromatic nitrogens is 1. The SMILES string of the molecule is CCOc1ccccc1-c1[nH]c2c(C)ccc(F)c2c1C=O. The van der Waals surface area contributed by atoms with E-state index < -0.39 is 5.82 Å². The fourth-order valence-electron chi connectivity index (χ4n) is 2.71. The number of para-hydroxylation sites is 1. The second-order valence-corrected chi connectivity index (χ2v) is 5.07. The standard InChI is InChI=1S/C18H16FNO2/c1-3-22-15-7-5-4-6-12(15)18-13(10-21)16-14(19)9-8-11(2)17(16)20-18/h4-10,20H,3H2,1-2H3. The van der Waals surface area contributed by atoms with Gasteiger partial charge in [-0.15, -0.1) is 0 Å². The van der Waals surface area contributed by atoms with E-state index in [1.165, 1.54) is 6.07 Å². The summed E-state index contributed by atoms with van der Waals surface area (Å²) in [5.74, 6) is 0.261. The van der Waals surface area contributed by atoms with Crippen LogP contribution in [0.5, 0.6) is 5.75 Å². The molecule has 3 nitrogen and oxygen atoms in total. The van der Waals surface area contributed by atoms with Gasteiger partial charge < -0.3 is 9.72 Å². The zero-order valence-corrected chi connectivity index (χ0v) is 12.4. The van der Waals surface area contributed by atoms with Crippen LogP contribution in [0.15, 0.2) is 36.4 Å². The van der Waals surface area contributed by atoms with Crippen LogP contribution in [0.3, 0.4) is 0 Å². The lowest BCUT2D eigenvalue weighted by molar-refractivity contribution is 0.112. The second kappa shape index (κ2) is 5.64. The maximum Gasteiger partial charge on any atom is 0.152 e. The van der Waals surface area contributed by atoms with Crippen molar-refractivity contribution in [2.24, 2.45) is 0 Å². The molecule has 0 atom stereocenters. The summed E-state index contributed by atoms with van der Waals surface area (Å²) in [4.78, 5) is 14.8. The van der Waals surface area contributed by atoms with Crippen LogP contribution < -0.4 is 4.74 Å².